The lowest BCUT2D eigenvalue weighted by Gasteiger charge is -2.21. The van der Waals surface area contributed by atoms with Gasteiger partial charge in [0.2, 0.25) is 0 Å². The number of nitriles is 1. The summed E-state index contributed by atoms with van der Waals surface area (Å²) in [5.74, 6) is 0. The summed E-state index contributed by atoms with van der Waals surface area (Å²) in [5.41, 5.74) is 0. The van der Waals surface area contributed by atoms with Crippen LogP contribution >= 0.6 is 0 Å². The lowest BCUT2D eigenvalue weighted by molar-refractivity contribution is 0.219. The van der Waals surface area contributed by atoms with Crippen LogP contribution in [0.4, 0.5) is 0 Å². The maximum Gasteiger partial charge on any atom is 0.184 e. The third kappa shape index (κ3) is 5.80. The minimum Gasteiger partial charge on any atom is -0.414 e. The Morgan fingerprint density at radius 1 is 1.50 bits per heavy atom. The summed E-state index contributed by atoms with van der Waals surface area (Å²) in [6.07, 6.45) is 0.612. The van der Waals surface area contributed by atoms with Gasteiger partial charge in [0.25, 0.3) is 0 Å². The number of hydrogen-bond donors (Lipinski definition) is 0. The summed E-state index contributed by atoms with van der Waals surface area (Å²) in [7, 11) is -1.41. The van der Waals surface area contributed by atoms with Gasteiger partial charge in [-0.2, -0.15) is 5.26 Å². The molecule has 0 N–H and O–H groups in total. The van der Waals surface area contributed by atoms with Crippen molar-refractivity contribution in [3.05, 3.63) is 0 Å². The topological polar surface area (TPSA) is 33.0 Å². The molecule has 0 aliphatic heterocycles. The van der Waals surface area contributed by atoms with E-state index in [1.54, 1.807) is 0 Å². The van der Waals surface area contributed by atoms with Gasteiger partial charge in [-0.05, 0) is 26.6 Å². The first-order chi connectivity index (χ1) is 4.45. The van der Waals surface area contributed by atoms with Crippen molar-refractivity contribution in [3.63, 3.8) is 0 Å². The summed E-state index contributed by atoms with van der Waals surface area (Å²) < 4.78 is 5.59. The van der Waals surface area contributed by atoms with Crippen LogP contribution in [0, 0.1) is 11.3 Å². The van der Waals surface area contributed by atoms with Crippen LogP contribution < -0.4 is 0 Å². The van der Waals surface area contributed by atoms with E-state index in [-0.39, 0.29) is 6.10 Å². The Morgan fingerprint density at radius 2 is 2.00 bits per heavy atom. The van der Waals surface area contributed by atoms with E-state index in [0.717, 1.165) is 0 Å². The third-order valence-electron chi connectivity index (χ3n) is 0.933. The molecule has 0 unspecified atom stereocenters. The van der Waals surface area contributed by atoms with Crippen LogP contribution in [0.15, 0.2) is 0 Å². The van der Waals surface area contributed by atoms with Crippen molar-refractivity contribution in [2.75, 3.05) is 0 Å². The molecule has 0 aromatic carbocycles. The second-order valence-electron chi connectivity index (χ2n) is 3.40. The summed E-state index contributed by atoms with van der Waals surface area (Å²) in [4.78, 5) is 0. The quantitative estimate of drug-likeness (QED) is 0.588. The Labute approximate surface area is 63.9 Å². The molecule has 3 heteroatoms. The van der Waals surface area contributed by atoms with E-state index in [1.165, 1.54) is 0 Å². The van der Waals surface area contributed by atoms with Gasteiger partial charge in [-0.15, -0.1) is 0 Å². The Balaban J connectivity index is 3.60. The lowest BCUT2D eigenvalue weighted by Crippen LogP contribution is -2.30. The highest BCUT2D eigenvalue weighted by Crippen LogP contribution is 2.08. The largest absolute Gasteiger partial charge is 0.414 e. The molecular weight excluding hydrogens is 142 g/mol. The summed E-state index contributed by atoms with van der Waals surface area (Å²) in [5, 5.41) is 8.32. The summed E-state index contributed by atoms with van der Waals surface area (Å²) in [6.45, 7) is 8.32. The third-order valence-corrected chi connectivity index (χ3v) is 2.04. The second kappa shape index (κ2) is 3.74. The maximum atomic E-state index is 8.32. The van der Waals surface area contributed by atoms with Crippen molar-refractivity contribution in [1.82, 2.24) is 0 Å². The predicted octanol–water partition coefficient (Wildman–Crippen LogP) is 2.14. The fraction of sp³-hybridized carbons (Fsp3) is 0.857. The van der Waals surface area contributed by atoms with Crippen molar-refractivity contribution < 1.29 is 4.43 Å². The Kier molecular flexibility index (Phi) is 3.62. The van der Waals surface area contributed by atoms with Crippen molar-refractivity contribution in [2.45, 2.75) is 39.1 Å². The van der Waals surface area contributed by atoms with Gasteiger partial charge < -0.3 is 4.43 Å². The zero-order valence-electron chi connectivity index (χ0n) is 7.14. The molecule has 0 spiro atoms. The van der Waals surface area contributed by atoms with Crippen LogP contribution in [0.1, 0.15) is 13.3 Å². The fourth-order valence-corrected chi connectivity index (χ4v) is 2.06. The molecule has 0 aromatic heterocycles. The first-order valence-electron chi connectivity index (χ1n) is 3.50. The molecule has 0 fully saturated rings. The minimum atomic E-state index is -1.41. The number of hydrogen-bond acceptors (Lipinski definition) is 2. The average Bonchev–Trinajstić information content (AvgIpc) is 1.59. The highest BCUT2D eigenvalue weighted by molar-refractivity contribution is 6.69. The normalized spacial score (nSPS) is 14.3. The highest BCUT2D eigenvalue weighted by Gasteiger charge is 2.17. The van der Waals surface area contributed by atoms with Gasteiger partial charge in [-0.25, -0.2) is 0 Å². The Morgan fingerprint density at radius 3 is 2.30 bits per heavy atom. The molecule has 0 rings (SSSR count). The molecule has 0 aliphatic rings. The van der Waals surface area contributed by atoms with Gasteiger partial charge >= 0.3 is 0 Å². The first kappa shape index (κ1) is 9.67. The van der Waals surface area contributed by atoms with E-state index in [4.69, 9.17) is 9.69 Å². The Bertz CT molecular complexity index is 134. The number of rotatable bonds is 3. The SMILES string of the molecule is C[C@@H](CC#N)O[Si](C)(C)C. The molecule has 10 heavy (non-hydrogen) atoms. The molecular formula is C7H15NOSi. The van der Waals surface area contributed by atoms with E-state index in [2.05, 4.69) is 25.7 Å². The average molecular weight is 157 g/mol. The molecule has 0 aromatic rings. The molecule has 0 saturated carbocycles. The molecule has 0 bridgehead atoms. The van der Waals surface area contributed by atoms with Gasteiger partial charge in [-0.1, -0.05) is 0 Å². The van der Waals surface area contributed by atoms with Crippen molar-refractivity contribution in [2.24, 2.45) is 0 Å². The van der Waals surface area contributed by atoms with Gasteiger partial charge in [0, 0.05) is 0 Å². The first-order valence-corrected chi connectivity index (χ1v) is 6.91. The van der Waals surface area contributed by atoms with Gasteiger partial charge in [0.15, 0.2) is 8.32 Å². The lowest BCUT2D eigenvalue weighted by atomic mass is 10.3. The van der Waals surface area contributed by atoms with Gasteiger partial charge in [0.05, 0.1) is 18.6 Å². The van der Waals surface area contributed by atoms with Crippen LogP contribution in [0.3, 0.4) is 0 Å². The molecule has 0 aliphatic carbocycles. The smallest absolute Gasteiger partial charge is 0.184 e. The van der Waals surface area contributed by atoms with E-state index in [0.29, 0.717) is 6.42 Å². The maximum absolute atomic E-state index is 8.32. The zero-order chi connectivity index (χ0) is 8.20. The number of nitrogens with zero attached hydrogens (tertiary/aromatic N) is 1. The Hall–Kier alpha value is -0.333. The van der Waals surface area contributed by atoms with E-state index >= 15 is 0 Å². The van der Waals surface area contributed by atoms with E-state index < -0.39 is 8.32 Å². The monoisotopic (exact) mass is 157 g/mol. The summed E-state index contributed by atoms with van der Waals surface area (Å²) in [6, 6.07) is 2.09. The van der Waals surface area contributed by atoms with Crippen LogP contribution in [0.25, 0.3) is 0 Å². The van der Waals surface area contributed by atoms with Crippen molar-refractivity contribution in [3.8, 4) is 6.07 Å². The molecule has 0 saturated heterocycles. The molecule has 58 valence electrons. The molecule has 0 radical (unpaired) electrons. The van der Waals surface area contributed by atoms with Crippen molar-refractivity contribution in [1.29, 1.82) is 5.26 Å². The van der Waals surface area contributed by atoms with E-state index in [9.17, 15) is 0 Å². The summed E-state index contributed by atoms with van der Waals surface area (Å²) >= 11 is 0. The highest BCUT2D eigenvalue weighted by atomic mass is 28.4. The second-order valence-corrected chi connectivity index (χ2v) is 7.86. The molecule has 1 atom stereocenters. The van der Waals surface area contributed by atoms with Crippen LogP contribution in [0.2, 0.25) is 19.6 Å². The van der Waals surface area contributed by atoms with Crippen molar-refractivity contribution >= 4 is 8.32 Å². The molecule has 0 heterocycles. The zero-order valence-corrected chi connectivity index (χ0v) is 8.14. The van der Waals surface area contributed by atoms with Crippen LogP contribution in [-0.2, 0) is 4.43 Å². The van der Waals surface area contributed by atoms with Gasteiger partial charge in [0.1, 0.15) is 0 Å². The van der Waals surface area contributed by atoms with Crippen LogP contribution in [0.5, 0.6) is 0 Å². The van der Waals surface area contributed by atoms with Crippen LogP contribution in [-0.4, -0.2) is 14.4 Å². The fourth-order valence-electron chi connectivity index (χ4n) is 0.774. The molecule has 2 nitrogen and oxygen atoms in total. The van der Waals surface area contributed by atoms with E-state index in [1.807, 2.05) is 6.92 Å². The molecule has 0 amide bonds. The van der Waals surface area contributed by atoms with Gasteiger partial charge in [-0.3, -0.25) is 0 Å². The standard InChI is InChI=1S/C7H15NOSi/c1-7(5-6-8)9-10(2,3)4/h7H,5H2,1-4H3/t7-/m0/s1. The minimum absolute atomic E-state index is 0.108. The predicted molar refractivity (Wildman–Crippen MR) is 44.1 cm³/mol.